The molecule has 0 aliphatic rings. The number of carbonyl (C=O) groups is 2. The molecule has 0 amide bonds. The van der Waals surface area contributed by atoms with Gasteiger partial charge in [0.1, 0.15) is 6.04 Å². The number of hydrogen-bond donors (Lipinski definition) is 2. The normalized spacial score (nSPS) is 12.4. The predicted molar refractivity (Wildman–Crippen MR) is 101 cm³/mol. The zero-order valence-corrected chi connectivity index (χ0v) is 15.0. The third-order valence-electron chi connectivity index (χ3n) is 4.49. The third kappa shape index (κ3) is 4.35. The van der Waals surface area contributed by atoms with Crippen molar-refractivity contribution in [2.45, 2.75) is 12.2 Å². The predicted octanol–water partition coefficient (Wildman–Crippen LogP) is 4.69. The van der Waals surface area contributed by atoms with Crippen LogP contribution in [0.25, 0.3) is 11.1 Å². The van der Waals surface area contributed by atoms with Gasteiger partial charge in [-0.25, -0.2) is 0 Å². The van der Waals surface area contributed by atoms with Crippen LogP contribution in [0.4, 0.5) is 13.2 Å². The van der Waals surface area contributed by atoms with Crippen LogP contribution < -0.4 is 5.73 Å². The highest BCUT2D eigenvalue weighted by atomic mass is 19.4. The van der Waals surface area contributed by atoms with Crippen molar-refractivity contribution in [3.63, 3.8) is 0 Å². The third-order valence-corrected chi connectivity index (χ3v) is 4.49. The molecule has 0 aromatic heterocycles. The molecule has 1 unspecified atom stereocenters. The molecule has 0 spiro atoms. The molecule has 0 heterocycles. The Morgan fingerprint density at radius 3 is 2.00 bits per heavy atom. The highest BCUT2D eigenvalue weighted by Crippen LogP contribution is 2.32. The van der Waals surface area contributed by atoms with E-state index in [0.29, 0.717) is 27.8 Å². The minimum absolute atomic E-state index is 0.311. The van der Waals surface area contributed by atoms with E-state index in [-0.39, 0.29) is 5.78 Å². The van der Waals surface area contributed by atoms with Crippen molar-refractivity contribution < 1.29 is 27.9 Å². The number of carbonyl (C=O) groups excluding carboxylic acids is 1. The van der Waals surface area contributed by atoms with Gasteiger partial charge in [0.25, 0.3) is 0 Å². The van der Waals surface area contributed by atoms with Crippen LogP contribution in [-0.2, 0) is 11.0 Å². The lowest BCUT2D eigenvalue weighted by atomic mass is 9.93. The molecule has 3 aromatic rings. The molecule has 3 aromatic carbocycles. The van der Waals surface area contributed by atoms with Crippen molar-refractivity contribution >= 4 is 11.8 Å². The van der Waals surface area contributed by atoms with E-state index in [1.165, 1.54) is 36.4 Å². The van der Waals surface area contributed by atoms with Gasteiger partial charge in [0.05, 0.1) is 5.56 Å². The highest BCUT2D eigenvalue weighted by molar-refractivity contribution is 6.12. The maximum Gasteiger partial charge on any atom is 0.416 e. The monoisotopic (exact) mass is 399 g/mol. The fourth-order valence-corrected chi connectivity index (χ4v) is 2.91. The van der Waals surface area contributed by atoms with Gasteiger partial charge in [-0.15, -0.1) is 0 Å². The van der Waals surface area contributed by atoms with Crippen LogP contribution in [0.3, 0.4) is 0 Å². The van der Waals surface area contributed by atoms with E-state index in [1.807, 2.05) is 0 Å². The van der Waals surface area contributed by atoms with Crippen LogP contribution in [-0.4, -0.2) is 16.9 Å². The molecular formula is C22H16F3NO3. The number of carboxylic acid groups (broad SMARTS) is 1. The van der Waals surface area contributed by atoms with Crippen molar-refractivity contribution in [3.8, 4) is 11.1 Å². The first-order valence-electron chi connectivity index (χ1n) is 8.58. The number of carboxylic acids is 1. The quantitative estimate of drug-likeness (QED) is 0.610. The maximum atomic E-state index is 13.0. The first-order valence-corrected chi connectivity index (χ1v) is 8.58. The van der Waals surface area contributed by atoms with Gasteiger partial charge in [-0.05, 0) is 28.8 Å². The molecule has 0 aliphatic heterocycles. The molecule has 148 valence electrons. The zero-order chi connectivity index (χ0) is 21.2. The van der Waals surface area contributed by atoms with E-state index in [4.69, 9.17) is 10.8 Å². The lowest BCUT2D eigenvalue weighted by Crippen LogP contribution is -2.20. The molecule has 1 atom stereocenters. The number of ketones is 1. The Bertz CT molecular complexity index is 1040. The maximum absolute atomic E-state index is 13.0. The van der Waals surface area contributed by atoms with E-state index in [1.54, 1.807) is 24.3 Å². The summed E-state index contributed by atoms with van der Waals surface area (Å²) in [5.74, 6) is -1.52. The van der Waals surface area contributed by atoms with E-state index < -0.39 is 23.8 Å². The van der Waals surface area contributed by atoms with Gasteiger partial charge in [-0.3, -0.25) is 9.59 Å². The van der Waals surface area contributed by atoms with Crippen molar-refractivity contribution in [2.75, 3.05) is 0 Å². The van der Waals surface area contributed by atoms with Gasteiger partial charge in [0.15, 0.2) is 5.78 Å². The molecule has 0 aliphatic carbocycles. The molecule has 3 N–H and O–H groups in total. The van der Waals surface area contributed by atoms with E-state index in [2.05, 4.69) is 0 Å². The van der Waals surface area contributed by atoms with Crippen LogP contribution >= 0.6 is 0 Å². The molecule has 0 saturated heterocycles. The Labute approximate surface area is 164 Å². The number of hydrogen-bond acceptors (Lipinski definition) is 3. The Kier molecular flexibility index (Phi) is 5.52. The summed E-state index contributed by atoms with van der Waals surface area (Å²) in [6.07, 6.45) is -4.44. The second kappa shape index (κ2) is 7.89. The molecule has 0 saturated carbocycles. The molecule has 0 radical (unpaired) electrons. The molecule has 4 nitrogen and oxygen atoms in total. The van der Waals surface area contributed by atoms with Gasteiger partial charge >= 0.3 is 12.1 Å². The molecule has 7 heteroatoms. The Hall–Kier alpha value is -3.45. The van der Waals surface area contributed by atoms with Gasteiger partial charge in [-0.2, -0.15) is 13.2 Å². The summed E-state index contributed by atoms with van der Waals surface area (Å²) in [5, 5.41) is 8.96. The van der Waals surface area contributed by atoms with Crippen molar-refractivity contribution in [3.05, 3.63) is 95.1 Å². The van der Waals surface area contributed by atoms with Crippen molar-refractivity contribution in [1.82, 2.24) is 0 Å². The topological polar surface area (TPSA) is 80.4 Å². The summed E-state index contributed by atoms with van der Waals surface area (Å²) in [6, 6.07) is 15.9. The number of aliphatic carboxylic acids is 1. The second-order valence-electron chi connectivity index (χ2n) is 6.39. The average molecular weight is 399 g/mol. The van der Waals surface area contributed by atoms with Gasteiger partial charge < -0.3 is 10.8 Å². The summed E-state index contributed by atoms with van der Waals surface area (Å²) >= 11 is 0. The van der Waals surface area contributed by atoms with Crippen molar-refractivity contribution in [1.29, 1.82) is 0 Å². The summed E-state index contributed by atoms with van der Waals surface area (Å²) in [4.78, 5) is 23.9. The lowest BCUT2D eigenvalue weighted by molar-refractivity contribution is -0.139. The van der Waals surface area contributed by atoms with Crippen LogP contribution in [0, 0.1) is 0 Å². The summed E-state index contributed by atoms with van der Waals surface area (Å²) in [5.41, 5.74) is 6.75. The first-order chi connectivity index (χ1) is 13.7. The van der Waals surface area contributed by atoms with Crippen LogP contribution in [0.2, 0.25) is 0 Å². The summed E-state index contributed by atoms with van der Waals surface area (Å²) < 4.78 is 38.4. The Morgan fingerprint density at radius 1 is 0.862 bits per heavy atom. The number of nitrogens with two attached hydrogens (primary N) is 1. The Morgan fingerprint density at radius 2 is 1.45 bits per heavy atom. The standard InChI is InChI=1S/C22H16F3NO3/c23-22(24,25)16-11-9-13(10-12-16)17-3-1-2-4-18(17)20(27)15-7-5-14(6-8-15)19(26)21(28)29/h1-12,19H,26H2,(H,28,29). The highest BCUT2D eigenvalue weighted by Gasteiger charge is 2.30. The summed E-state index contributed by atoms with van der Waals surface area (Å²) in [7, 11) is 0. The van der Waals surface area contributed by atoms with E-state index >= 15 is 0 Å². The zero-order valence-electron chi connectivity index (χ0n) is 15.0. The number of alkyl halides is 3. The Balaban J connectivity index is 1.94. The van der Waals surface area contributed by atoms with Crippen LogP contribution in [0.1, 0.15) is 33.1 Å². The van der Waals surface area contributed by atoms with Gasteiger partial charge in [0.2, 0.25) is 0 Å². The first kappa shape index (κ1) is 20.3. The van der Waals surface area contributed by atoms with E-state index in [0.717, 1.165) is 12.1 Å². The largest absolute Gasteiger partial charge is 0.480 e. The second-order valence-corrected chi connectivity index (χ2v) is 6.39. The lowest BCUT2D eigenvalue weighted by Gasteiger charge is -2.12. The van der Waals surface area contributed by atoms with Crippen LogP contribution in [0.5, 0.6) is 0 Å². The molecular weight excluding hydrogens is 383 g/mol. The number of benzene rings is 3. The fraction of sp³-hybridized carbons (Fsp3) is 0.0909. The minimum atomic E-state index is -4.44. The SMILES string of the molecule is NC(C(=O)O)c1ccc(C(=O)c2ccccc2-c2ccc(C(F)(F)F)cc2)cc1. The minimum Gasteiger partial charge on any atom is -0.480 e. The van der Waals surface area contributed by atoms with Gasteiger partial charge in [-0.1, -0.05) is 60.7 Å². The average Bonchev–Trinajstić information content (AvgIpc) is 2.72. The smallest absolute Gasteiger partial charge is 0.416 e. The molecule has 0 fully saturated rings. The molecule has 0 bridgehead atoms. The molecule has 3 rings (SSSR count). The summed E-state index contributed by atoms with van der Waals surface area (Å²) in [6.45, 7) is 0. The van der Waals surface area contributed by atoms with Crippen molar-refractivity contribution in [2.24, 2.45) is 5.73 Å². The fourth-order valence-electron chi connectivity index (χ4n) is 2.91. The number of halogens is 3. The number of rotatable bonds is 5. The van der Waals surface area contributed by atoms with E-state index in [9.17, 15) is 22.8 Å². The van der Waals surface area contributed by atoms with Gasteiger partial charge in [0, 0.05) is 11.1 Å². The molecule has 29 heavy (non-hydrogen) atoms. The van der Waals surface area contributed by atoms with Crippen LogP contribution in [0.15, 0.2) is 72.8 Å².